The highest BCUT2D eigenvalue weighted by Crippen LogP contribution is 2.58. The maximum absolute atomic E-state index is 13.6. The fraction of sp³-hybridized carbons (Fsp3) is 0.172. The highest BCUT2D eigenvalue weighted by Gasteiger charge is 2.59. The van der Waals surface area contributed by atoms with Crippen LogP contribution in [-0.2, 0) is 9.59 Å². The summed E-state index contributed by atoms with van der Waals surface area (Å²) in [5.41, 5.74) is 1.68. The molecule has 1 aliphatic rings. The number of benzene rings is 4. The summed E-state index contributed by atoms with van der Waals surface area (Å²) in [4.78, 5) is 25.9. The molecule has 0 aromatic heterocycles. The molecule has 4 aromatic rings. The molecular formula is C29H26O4. The fourth-order valence-electron chi connectivity index (χ4n) is 4.99. The molecule has 1 saturated carbocycles. The lowest BCUT2D eigenvalue weighted by molar-refractivity contribution is -0.158. The van der Waals surface area contributed by atoms with Gasteiger partial charge in [-0.25, -0.2) is 0 Å². The van der Waals surface area contributed by atoms with Crippen molar-refractivity contribution in [3.8, 4) is 5.75 Å². The van der Waals surface area contributed by atoms with Gasteiger partial charge in [0, 0.05) is 17.2 Å². The second-order valence-corrected chi connectivity index (χ2v) is 8.16. The smallest absolute Gasteiger partial charge is 0.315 e. The molecule has 166 valence electrons. The predicted octanol–water partition coefficient (Wildman–Crippen LogP) is 6.28. The quantitative estimate of drug-likeness (QED) is 0.294. The summed E-state index contributed by atoms with van der Waals surface area (Å²) in [5.74, 6) is -3.03. The van der Waals surface area contributed by atoms with E-state index in [0.29, 0.717) is 5.75 Å². The monoisotopic (exact) mass is 438 g/mol. The van der Waals surface area contributed by atoms with Gasteiger partial charge in [-0.1, -0.05) is 104 Å². The van der Waals surface area contributed by atoms with Gasteiger partial charge in [-0.2, -0.15) is 0 Å². The van der Waals surface area contributed by atoms with Gasteiger partial charge in [-0.05, 0) is 22.6 Å². The largest absolute Gasteiger partial charge is 0.481 e. The van der Waals surface area contributed by atoms with E-state index in [1.807, 2.05) is 97.1 Å². The van der Waals surface area contributed by atoms with E-state index in [-0.39, 0.29) is 7.43 Å². The number of hydrogen-bond donors (Lipinski definition) is 1. The van der Waals surface area contributed by atoms with Crippen molar-refractivity contribution >= 4 is 22.7 Å². The highest BCUT2D eigenvalue weighted by atomic mass is 16.5. The van der Waals surface area contributed by atoms with Crippen molar-refractivity contribution in [3.05, 3.63) is 114 Å². The molecule has 0 radical (unpaired) electrons. The topological polar surface area (TPSA) is 63.6 Å². The van der Waals surface area contributed by atoms with E-state index in [1.54, 1.807) is 6.07 Å². The Balaban J connectivity index is 0.00000259. The third kappa shape index (κ3) is 4.00. The standard InChI is InChI=1S/C28H22O4.CH4/c29-27(30)25-23(19-11-3-1-4-12-19)26(24(25)20-13-5-2-6-14-20)28(31)32-22-17-9-15-18-10-7-8-16-21(18)22;/h1-17,23-26H,(H,29,30);1H4/t23-,24-,25?,26?;/m0./s1. The van der Waals surface area contributed by atoms with E-state index in [2.05, 4.69) is 0 Å². The highest BCUT2D eigenvalue weighted by molar-refractivity contribution is 5.92. The van der Waals surface area contributed by atoms with Crippen molar-refractivity contribution in [1.82, 2.24) is 0 Å². The number of ether oxygens (including phenoxy) is 1. The van der Waals surface area contributed by atoms with Gasteiger partial charge in [-0.15, -0.1) is 0 Å². The summed E-state index contributed by atoms with van der Waals surface area (Å²) < 4.78 is 5.93. The predicted molar refractivity (Wildman–Crippen MR) is 129 cm³/mol. The van der Waals surface area contributed by atoms with Crippen molar-refractivity contribution in [3.63, 3.8) is 0 Å². The lowest BCUT2D eigenvalue weighted by Crippen LogP contribution is -2.52. The summed E-state index contributed by atoms with van der Waals surface area (Å²) in [5, 5.41) is 11.9. The van der Waals surface area contributed by atoms with Crippen LogP contribution in [0.15, 0.2) is 103 Å². The first-order chi connectivity index (χ1) is 15.6. The zero-order valence-electron chi connectivity index (χ0n) is 17.3. The van der Waals surface area contributed by atoms with E-state index in [1.165, 1.54) is 0 Å². The van der Waals surface area contributed by atoms with Crippen molar-refractivity contribution in [1.29, 1.82) is 0 Å². The SMILES string of the molecule is C.O=C(O)C1[C@H](c2ccccc2)C(C(=O)Oc2cccc3ccccc23)[C@H]1c1ccccc1. The summed E-state index contributed by atoms with van der Waals surface area (Å²) in [6.45, 7) is 0. The summed E-state index contributed by atoms with van der Waals surface area (Å²) >= 11 is 0. The van der Waals surface area contributed by atoms with Gasteiger partial charge in [0.15, 0.2) is 0 Å². The molecule has 1 N–H and O–H groups in total. The van der Waals surface area contributed by atoms with E-state index in [4.69, 9.17) is 4.74 Å². The van der Waals surface area contributed by atoms with Gasteiger partial charge >= 0.3 is 11.9 Å². The van der Waals surface area contributed by atoms with Crippen molar-refractivity contribution in [2.45, 2.75) is 19.3 Å². The first-order valence-electron chi connectivity index (χ1n) is 10.7. The Labute approximate surface area is 193 Å². The third-order valence-corrected chi connectivity index (χ3v) is 6.43. The van der Waals surface area contributed by atoms with E-state index in [9.17, 15) is 14.7 Å². The Kier molecular flexibility index (Phi) is 6.27. The van der Waals surface area contributed by atoms with Gasteiger partial charge in [-0.3, -0.25) is 9.59 Å². The van der Waals surface area contributed by atoms with Crippen LogP contribution < -0.4 is 4.74 Å². The minimum atomic E-state index is -0.901. The zero-order valence-corrected chi connectivity index (χ0v) is 17.3. The zero-order chi connectivity index (χ0) is 22.1. The number of carbonyl (C=O) groups is 2. The van der Waals surface area contributed by atoms with Crippen molar-refractivity contribution in [2.75, 3.05) is 0 Å². The van der Waals surface area contributed by atoms with Gasteiger partial charge < -0.3 is 9.84 Å². The number of esters is 1. The van der Waals surface area contributed by atoms with Gasteiger partial charge in [0.1, 0.15) is 5.75 Å². The number of rotatable bonds is 5. The molecule has 5 rings (SSSR count). The third-order valence-electron chi connectivity index (χ3n) is 6.43. The number of carbonyl (C=O) groups excluding carboxylic acids is 1. The molecule has 0 bridgehead atoms. The van der Waals surface area contributed by atoms with Gasteiger partial charge in [0.2, 0.25) is 0 Å². The van der Waals surface area contributed by atoms with Crippen LogP contribution >= 0.6 is 0 Å². The molecule has 0 amide bonds. The van der Waals surface area contributed by atoms with Crippen LogP contribution in [0.3, 0.4) is 0 Å². The number of fused-ring (bicyclic) bond motifs is 1. The number of hydrogen-bond acceptors (Lipinski definition) is 3. The Morgan fingerprint density at radius 3 is 1.73 bits per heavy atom. The first-order valence-corrected chi connectivity index (χ1v) is 10.7. The molecule has 4 nitrogen and oxygen atoms in total. The minimum Gasteiger partial charge on any atom is -0.481 e. The molecule has 0 heterocycles. The molecule has 0 spiro atoms. The van der Waals surface area contributed by atoms with Crippen LogP contribution in [-0.4, -0.2) is 17.0 Å². The molecular weight excluding hydrogens is 412 g/mol. The first kappa shape index (κ1) is 22.3. The van der Waals surface area contributed by atoms with Crippen LogP contribution in [0, 0.1) is 11.8 Å². The van der Waals surface area contributed by atoms with Gasteiger partial charge in [0.05, 0.1) is 11.8 Å². The summed E-state index contributed by atoms with van der Waals surface area (Å²) in [7, 11) is 0. The normalized spacial score (nSPS) is 21.5. The molecule has 0 aliphatic heterocycles. The van der Waals surface area contributed by atoms with Crippen LogP contribution in [0.1, 0.15) is 30.4 Å². The maximum Gasteiger partial charge on any atom is 0.315 e. The van der Waals surface area contributed by atoms with E-state index in [0.717, 1.165) is 21.9 Å². The lowest BCUT2D eigenvalue weighted by atomic mass is 9.52. The van der Waals surface area contributed by atoms with Crippen molar-refractivity contribution < 1.29 is 19.4 Å². The molecule has 0 saturated heterocycles. The molecule has 4 aromatic carbocycles. The number of carboxylic acid groups (broad SMARTS) is 1. The maximum atomic E-state index is 13.6. The van der Waals surface area contributed by atoms with Gasteiger partial charge in [0.25, 0.3) is 0 Å². The molecule has 2 atom stereocenters. The summed E-state index contributed by atoms with van der Waals surface area (Å²) in [6.07, 6.45) is 0. The van der Waals surface area contributed by atoms with Crippen LogP contribution in [0.4, 0.5) is 0 Å². The second kappa shape index (κ2) is 9.29. The molecule has 1 aliphatic carbocycles. The Morgan fingerprint density at radius 1 is 0.636 bits per heavy atom. The Morgan fingerprint density at radius 2 is 1.15 bits per heavy atom. The summed E-state index contributed by atoms with van der Waals surface area (Å²) in [6, 6.07) is 32.2. The number of aliphatic carboxylic acids is 1. The van der Waals surface area contributed by atoms with Crippen molar-refractivity contribution in [2.24, 2.45) is 11.8 Å². The molecule has 1 fully saturated rings. The fourth-order valence-corrected chi connectivity index (χ4v) is 4.99. The minimum absolute atomic E-state index is 0. The molecule has 33 heavy (non-hydrogen) atoms. The Bertz CT molecular complexity index is 1210. The van der Waals surface area contributed by atoms with E-state index < -0.39 is 35.6 Å². The lowest BCUT2D eigenvalue weighted by Gasteiger charge is -2.49. The average Bonchev–Trinajstić information content (AvgIpc) is 2.80. The number of carboxylic acids is 1. The Hall–Kier alpha value is -3.92. The molecule has 0 unspecified atom stereocenters. The van der Waals surface area contributed by atoms with Crippen LogP contribution in [0.25, 0.3) is 10.8 Å². The molecule has 4 heteroatoms. The second-order valence-electron chi connectivity index (χ2n) is 8.16. The van der Waals surface area contributed by atoms with Crippen LogP contribution in [0.5, 0.6) is 5.75 Å². The average molecular weight is 439 g/mol. The van der Waals surface area contributed by atoms with E-state index >= 15 is 0 Å². The van der Waals surface area contributed by atoms with Crippen LogP contribution in [0.2, 0.25) is 0 Å².